The van der Waals surface area contributed by atoms with Crippen LogP contribution in [0.15, 0.2) is 28.2 Å². The molecule has 3 heterocycles. The summed E-state index contributed by atoms with van der Waals surface area (Å²) in [6, 6.07) is 3.76. The van der Waals surface area contributed by atoms with Crippen molar-refractivity contribution in [3.8, 4) is 5.88 Å². The van der Waals surface area contributed by atoms with Gasteiger partial charge in [0, 0.05) is 46.0 Å². The number of amides is 1. The van der Waals surface area contributed by atoms with Crippen LogP contribution in [0.5, 0.6) is 5.88 Å². The van der Waals surface area contributed by atoms with E-state index < -0.39 is 0 Å². The van der Waals surface area contributed by atoms with Gasteiger partial charge in [-0.15, -0.1) is 11.3 Å². The number of ether oxygens (including phenoxy) is 1. The summed E-state index contributed by atoms with van der Waals surface area (Å²) in [7, 11) is 1.59. The number of halogens is 1. The Hall–Kier alpha value is -1.67. The Bertz CT molecular complexity index is 701. The minimum Gasteiger partial charge on any atom is -0.481 e. The number of methoxy groups -OCH3 is 1. The molecule has 1 fully saturated rings. The third-order valence-electron chi connectivity index (χ3n) is 4.03. The Morgan fingerprint density at radius 1 is 1.50 bits per heavy atom. The van der Waals surface area contributed by atoms with E-state index in [1.807, 2.05) is 11.4 Å². The number of hydrogen-bond donors (Lipinski definition) is 1. The monoisotopic (exact) mass is 410 g/mol. The molecule has 0 bridgehead atoms. The fraction of sp³-hybridized carbons (Fsp3) is 0.438. The van der Waals surface area contributed by atoms with Crippen LogP contribution in [-0.4, -0.2) is 36.1 Å². The Morgan fingerprint density at radius 3 is 2.96 bits per heavy atom. The molecule has 8 heteroatoms. The van der Waals surface area contributed by atoms with Gasteiger partial charge in [-0.25, -0.2) is 4.98 Å². The van der Waals surface area contributed by atoms with Gasteiger partial charge in [-0.1, -0.05) is 0 Å². The van der Waals surface area contributed by atoms with Crippen molar-refractivity contribution in [2.45, 2.75) is 19.4 Å². The molecule has 2 aromatic rings. The van der Waals surface area contributed by atoms with Crippen molar-refractivity contribution in [2.75, 3.05) is 25.1 Å². The van der Waals surface area contributed by atoms with Gasteiger partial charge in [-0.3, -0.25) is 4.79 Å². The molecule has 3 rings (SSSR count). The predicted octanol–water partition coefficient (Wildman–Crippen LogP) is 2.84. The van der Waals surface area contributed by atoms with Crippen LogP contribution in [0.2, 0.25) is 0 Å². The molecule has 6 nitrogen and oxygen atoms in total. The van der Waals surface area contributed by atoms with E-state index in [0.717, 1.165) is 35.3 Å². The Morgan fingerprint density at radius 2 is 2.29 bits per heavy atom. The summed E-state index contributed by atoms with van der Waals surface area (Å²) < 4.78 is 6.20. The molecule has 1 aliphatic rings. The Kier molecular flexibility index (Phi) is 5.68. The summed E-state index contributed by atoms with van der Waals surface area (Å²) in [5.74, 6) is 1.40. The number of hydrogen-bond acceptors (Lipinski definition) is 6. The van der Waals surface area contributed by atoms with E-state index in [1.165, 1.54) is 0 Å². The number of piperidine rings is 1. The molecule has 0 aromatic carbocycles. The van der Waals surface area contributed by atoms with Crippen LogP contribution in [0.4, 0.5) is 5.95 Å². The van der Waals surface area contributed by atoms with Crippen molar-refractivity contribution < 1.29 is 9.53 Å². The van der Waals surface area contributed by atoms with Crippen molar-refractivity contribution in [1.29, 1.82) is 0 Å². The van der Waals surface area contributed by atoms with Gasteiger partial charge in [-0.05, 0) is 34.8 Å². The van der Waals surface area contributed by atoms with Gasteiger partial charge in [-0.2, -0.15) is 4.98 Å². The van der Waals surface area contributed by atoms with E-state index in [9.17, 15) is 4.79 Å². The molecule has 0 atom stereocenters. The van der Waals surface area contributed by atoms with Gasteiger partial charge < -0.3 is 15.0 Å². The third kappa shape index (κ3) is 4.24. The minimum absolute atomic E-state index is 0.0512. The second-order valence-corrected chi connectivity index (χ2v) is 7.52. The number of anilines is 1. The SMILES string of the molecule is COc1ccnc(N2CCC(C(=O)NCc3cc(Br)cs3)CC2)n1. The van der Waals surface area contributed by atoms with Crippen LogP contribution in [0.1, 0.15) is 17.7 Å². The van der Waals surface area contributed by atoms with Gasteiger partial charge in [0.1, 0.15) is 0 Å². The number of thiophene rings is 1. The highest BCUT2D eigenvalue weighted by molar-refractivity contribution is 9.10. The first kappa shape index (κ1) is 17.2. The van der Waals surface area contributed by atoms with Crippen LogP contribution in [-0.2, 0) is 11.3 Å². The van der Waals surface area contributed by atoms with Gasteiger partial charge >= 0.3 is 0 Å². The number of carbonyl (C=O) groups is 1. The van der Waals surface area contributed by atoms with E-state index >= 15 is 0 Å². The van der Waals surface area contributed by atoms with Crippen molar-refractivity contribution in [3.63, 3.8) is 0 Å². The molecule has 0 unspecified atom stereocenters. The first-order valence-electron chi connectivity index (χ1n) is 7.78. The van der Waals surface area contributed by atoms with Crippen LogP contribution >= 0.6 is 27.3 Å². The molecule has 0 spiro atoms. The largest absolute Gasteiger partial charge is 0.481 e. The van der Waals surface area contributed by atoms with Gasteiger partial charge in [0.25, 0.3) is 0 Å². The Balaban J connectivity index is 1.49. The van der Waals surface area contributed by atoms with Crippen LogP contribution < -0.4 is 15.0 Å². The molecular weight excluding hydrogens is 392 g/mol. The Labute approximate surface area is 153 Å². The van der Waals surface area contributed by atoms with Crippen molar-refractivity contribution in [3.05, 3.63) is 33.1 Å². The summed E-state index contributed by atoms with van der Waals surface area (Å²) in [5.41, 5.74) is 0. The molecule has 1 amide bonds. The molecule has 0 aliphatic carbocycles. The fourth-order valence-electron chi connectivity index (χ4n) is 2.71. The fourth-order valence-corrected chi connectivity index (χ4v) is 4.10. The smallest absolute Gasteiger partial charge is 0.228 e. The molecule has 1 N–H and O–H groups in total. The molecule has 128 valence electrons. The van der Waals surface area contributed by atoms with Crippen molar-refractivity contribution in [2.24, 2.45) is 5.92 Å². The van der Waals surface area contributed by atoms with Gasteiger partial charge in [0.2, 0.25) is 17.7 Å². The highest BCUT2D eigenvalue weighted by Gasteiger charge is 2.26. The van der Waals surface area contributed by atoms with Crippen LogP contribution in [0.3, 0.4) is 0 Å². The summed E-state index contributed by atoms with van der Waals surface area (Å²) in [6.07, 6.45) is 3.31. The lowest BCUT2D eigenvalue weighted by molar-refractivity contribution is -0.125. The molecular formula is C16H19BrN4O2S. The summed E-state index contributed by atoms with van der Waals surface area (Å²) >= 11 is 5.07. The van der Waals surface area contributed by atoms with Gasteiger partial charge in [0.05, 0.1) is 13.7 Å². The molecule has 0 radical (unpaired) electrons. The molecule has 2 aromatic heterocycles. The van der Waals surface area contributed by atoms with Crippen molar-refractivity contribution >= 4 is 39.1 Å². The second-order valence-electron chi connectivity index (χ2n) is 5.61. The van der Waals surface area contributed by atoms with E-state index in [0.29, 0.717) is 18.4 Å². The normalized spacial score (nSPS) is 15.3. The summed E-state index contributed by atoms with van der Waals surface area (Å²) in [6.45, 7) is 2.14. The molecule has 0 saturated carbocycles. The van der Waals surface area contributed by atoms with E-state index in [1.54, 1.807) is 30.7 Å². The summed E-state index contributed by atoms with van der Waals surface area (Å²) in [5, 5.41) is 5.06. The predicted molar refractivity (Wildman–Crippen MR) is 97.4 cm³/mol. The number of aromatic nitrogens is 2. The van der Waals surface area contributed by atoms with E-state index in [4.69, 9.17) is 4.74 Å². The van der Waals surface area contributed by atoms with Crippen LogP contribution in [0, 0.1) is 5.92 Å². The topological polar surface area (TPSA) is 67.3 Å². The number of nitrogens with zero attached hydrogens (tertiary/aromatic N) is 3. The standard InChI is InChI=1S/C16H19BrN4O2S/c1-23-14-2-5-18-16(20-14)21-6-3-11(4-7-21)15(22)19-9-13-8-12(17)10-24-13/h2,5,8,10-11H,3-4,6-7,9H2,1H3,(H,19,22). The maximum Gasteiger partial charge on any atom is 0.228 e. The lowest BCUT2D eigenvalue weighted by atomic mass is 9.96. The second kappa shape index (κ2) is 7.94. The van der Waals surface area contributed by atoms with Gasteiger partial charge in [0.15, 0.2) is 0 Å². The quantitative estimate of drug-likeness (QED) is 0.820. The molecule has 24 heavy (non-hydrogen) atoms. The number of carbonyl (C=O) groups excluding carboxylic acids is 1. The minimum atomic E-state index is 0.0512. The zero-order valence-corrected chi connectivity index (χ0v) is 15.8. The number of nitrogens with one attached hydrogen (secondary N) is 1. The molecule has 1 aliphatic heterocycles. The summed E-state index contributed by atoms with van der Waals surface area (Å²) in [4.78, 5) is 24.2. The average Bonchev–Trinajstić information content (AvgIpc) is 3.05. The third-order valence-corrected chi connectivity index (χ3v) is 5.73. The maximum atomic E-state index is 12.3. The first-order chi connectivity index (χ1) is 11.7. The van der Waals surface area contributed by atoms with E-state index in [2.05, 4.69) is 36.1 Å². The maximum absolute atomic E-state index is 12.3. The highest BCUT2D eigenvalue weighted by Crippen LogP contribution is 2.23. The number of rotatable bonds is 5. The van der Waals surface area contributed by atoms with Crippen molar-refractivity contribution in [1.82, 2.24) is 15.3 Å². The zero-order chi connectivity index (χ0) is 16.9. The zero-order valence-electron chi connectivity index (χ0n) is 13.4. The average molecular weight is 411 g/mol. The highest BCUT2D eigenvalue weighted by atomic mass is 79.9. The molecule has 1 saturated heterocycles. The van der Waals surface area contributed by atoms with Crippen LogP contribution in [0.25, 0.3) is 0 Å². The lowest BCUT2D eigenvalue weighted by Gasteiger charge is -2.31. The lowest BCUT2D eigenvalue weighted by Crippen LogP contribution is -2.41. The first-order valence-corrected chi connectivity index (χ1v) is 9.45. The van der Waals surface area contributed by atoms with E-state index in [-0.39, 0.29) is 11.8 Å².